The molecule has 0 unspecified atom stereocenters. The Morgan fingerprint density at radius 1 is 1.10 bits per heavy atom. The van der Waals surface area contributed by atoms with E-state index in [4.69, 9.17) is 0 Å². The molecule has 0 heterocycles. The van der Waals surface area contributed by atoms with E-state index in [1.807, 2.05) is 0 Å². The first-order valence-electron chi connectivity index (χ1n) is 6.92. The van der Waals surface area contributed by atoms with Gasteiger partial charge in [0, 0.05) is 12.6 Å². The normalized spacial score (nSPS) is 14.6. The third-order valence-corrected chi connectivity index (χ3v) is 3.70. The standard InChI is InChI=1S/C17H17F2N/c1-11-8-12(3-7-17(11)19)16-9-14(18)4-2-13(16)10-20-15-5-6-15/h2-4,7-9,15,20H,5-6,10H2,1H3. The monoisotopic (exact) mass is 273 g/mol. The van der Waals surface area contributed by atoms with Crippen LogP contribution in [0.3, 0.4) is 0 Å². The van der Waals surface area contributed by atoms with E-state index in [-0.39, 0.29) is 11.6 Å². The van der Waals surface area contributed by atoms with Gasteiger partial charge in [0.05, 0.1) is 0 Å². The van der Waals surface area contributed by atoms with Crippen molar-refractivity contribution >= 4 is 0 Å². The fraction of sp³-hybridized carbons (Fsp3) is 0.294. The van der Waals surface area contributed by atoms with Crippen molar-refractivity contribution in [3.05, 3.63) is 59.2 Å². The Kier molecular flexibility index (Phi) is 3.53. The molecule has 0 atom stereocenters. The van der Waals surface area contributed by atoms with Gasteiger partial charge < -0.3 is 5.32 Å². The number of nitrogens with one attached hydrogen (secondary N) is 1. The SMILES string of the molecule is Cc1cc(-c2cc(F)ccc2CNC2CC2)ccc1F. The minimum absolute atomic E-state index is 0.234. The maximum absolute atomic E-state index is 13.5. The number of aryl methyl sites for hydroxylation is 1. The summed E-state index contributed by atoms with van der Waals surface area (Å²) in [6, 6.07) is 10.3. The molecule has 2 aromatic carbocycles. The molecule has 0 saturated heterocycles. The van der Waals surface area contributed by atoms with E-state index >= 15 is 0 Å². The molecule has 3 rings (SSSR count). The lowest BCUT2D eigenvalue weighted by Crippen LogP contribution is -2.16. The third-order valence-electron chi connectivity index (χ3n) is 3.70. The van der Waals surface area contributed by atoms with Crippen LogP contribution in [0, 0.1) is 18.6 Å². The highest BCUT2D eigenvalue weighted by Crippen LogP contribution is 2.27. The molecule has 1 nitrogen and oxygen atoms in total. The fourth-order valence-electron chi connectivity index (χ4n) is 2.33. The second kappa shape index (κ2) is 5.33. The van der Waals surface area contributed by atoms with Crippen LogP contribution in [0.25, 0.3) is 11.1 Å². The molecule has 0 aromatic heterocycles. The molecule has 104 valence electrons. The van der Waals surface area contributed by atoms with Gasteiger partial charge in [-0.15, -0.1) is 0 Å². The lowest BCUT2D eigenvalue weighted by molar-refractivity contribution is 0.618. The second-order valence-electron chi connectivity index (χ2n) is 5.42. The highest BCUT2D eigenvalue weighted by atomic mass is 19.1. The van der Waals surface area contributed by atoms with E-state index in [1.165, 1.54) is 31.0 Å². The maximum Gasteiger partial charge on any atom is 0.126 e. The molecule has 1 aliphatic rings. The van der Waals surface area contributed by atoms with Gasteiger partial charge in [-0.25, -0.2) is 8.78 Å². The van der Waals surface area contributed by atoms with Crippen LogP contribution in [0.15, 0.2) is 36.4 Å². The van der Waals surface area contributed by atoms with Crippen LogP contribution in [0.5, 0.6) is 0 Å². The smallest absolute Gasteiger partial charge is 0.126 e. The van der Waals surface area contributed by atoms with Crippen LogP contribution in [0.2, 0.25) is 0 Å². The van der Waals surface area contributed by atoms with Crippen LogP contribution < -0.4 is 5.32 Å². The molecule has 3 heteroatoms. The lowest BCUT2D eigenvalue weighted by atomic mass is 9.98. The highest BCUT2D eigenvalue weighted by Gasteiger charge is 2.20. The number of halogens is 2. The zero-order valence-corrected chi connectivity index (χ0v) is 11.4. The van der Waals surface area contributed by atoms with E-state index in [2.05, 4.69) is 5.32 Å². The van der Waals surface area contributed by atoms with Crippen LogP contribution in [-0.2, 0) is 6.54 Å². The molecular weight excluding hydrogens is 256 g/mol. The quantitative estimate of drug-likeness (QED) is 0.880. The Morgan fingerprint density at radius 2 is 1.90 bits per heavy atom. The molecule has 1 aliphatic carbocycles. The molecule has 1 fully saturated rings. The van der Waals surface area contributed by atoms with Crippen molar-refractivity contribution in [1.82, 2.24) is 5.32 Å². The topological polar surface area (TPSA) is 12.0 Å². The summed E-state index contributed by atoms with van der Waals surface area (Å²) in [6.07, 6.45) is 2.43. The van der Waals surface area contributed by atoms with Crippen molar-refractivity contribution < 1.29 is 8.78 Å². The van der Waals surface area contributed by atoms with E-state index in [9.17, 15) is 8.78 Å². The molecule has 1 saturated carbocycles. The van der Waals surface area contributed by atoms with Crippen molar-refractivity contribution in [2.75, 3.05) is 0 Å². The number of hydrogen-bond acceptors (Lipinski definition) is 1. The average Bonchev–Trinajstić information content (AvgIpc) is 3.24. The van der Waals surface area contributed by atoms with Gasteiger partial charge in [0.1, 0.15) is 11.6 Å². The Hall–Kier alpha value is -1.74. The second-order valence-corrected chi connectivity index (χ2v) is 5.42. The van der Waals surface area contributed by atoms with Crippen molar-refractivity contribution in [2.45, 2.75) is 32.4 Å². The highest BCUT2D eigenvalue weighted by molar-refractivity contribution is 5.68. The lowest BCUT2D eigenvalue weighted by Gasteiger charge is -2.12. The van der Waals surface area contributed by atoms with Gasteiger partial charge in [-0.1, -0.05) is 12.1 Å². The molecule has 0 radical (unpaired) electrons. The summed E-state index contributed by atoms with van der Waals surface area (Å²) in [5, 5.41) is 3.43. The largest absolute Gasteiger partial charge is 0.310 e. The molecule has 0 spiro atoms. The van der Waals surface area contributed by atoms with Crippen molar-refractivity contribution in [1.29, 1.82) is 0 Å². The van der Waals surface area contributed by atoms with E-state index in [0.717, 1.165) is 23.2 Å². The molecule has 1 N–H and O–H groups in total. The zero-order chi connectivity index (χ0) is 14.1. The summed E-state index contributed by atoms with van der Waals surface area (Å²) in [4.78, 5) is 0. The van der Waals surface area contributed by atoms with Crippen molar-refractivity contribution in [3.8, 4) is 11.1 Å². The molecule has 20 heavy (non-hydrogen) atoms. The van der Waals surface area contributed by atoms with Gasteiger partial charge in [0.15, 0.2) is 0 Å². The summed E-state index contributed by atoms with van der Waals surface area (Å²) < 4.78 is 26.9. The first-order chi connectivity index (χ1) is 9.63. The number of benzene rings is 2. The predicted octanol–water partition coefficient (Wildman–Crippen LogP) is 4.19. The summed E-state index contributed by atoms with van der Waals surface area (Å²) >= 11 is 0. The third kappa shape index (κ3) is 2.88. The Labute approximate surface area is 117 Å². The molecular formula is C17H17F2N. The van der Waals surface area contributed by atoms with Gasteiger partial charge in [-0.2, -0.15) is 0 Å². The number of rotatable bonds is 4. The summed E-state index contributed by atoms with van der Waals surface area (Å²) in [5.41, 5.74) is 3.31. The molecule has 0 amide bonds. The first-order valence-corrected chi connectivity index (χ1v) is 6.92. The summed E-state index contributed by atoms with van der Waals surface area (Å²) in [7, 11) is 0. The molecule has 2 aromatic rings. The summed E-state index contributed by atoms with van der Waals surface area (Å²) in [5.74, 6) is -0.500. The average molecular weight is 273 g/mol. The minimum atomic E-state index is -0.267. The number of hydrogen-bond donors (Lipinski definition) is 1. The molecule has 0 aliphatic heterocycles. The van der Waals surface area contributed by atoms with E-state index in [0.29, 0.717) is 11.6 Å². The predicted molar refractivity (Wildman–Crippen MR) is 76.4 cm³/mol. The van der Waals surface area contributed by atoms with Gasteiger partial charge in [0.2, 0.25) is 0 Å². The van der Waals surface area contributed by atoms with Crippen molar-refractivity contribution in [3.63, 3.8) is 0 Å². The minimum Gasteiger partial charge on any atom is -0.310 e. The first kappa shape index (κ1) is 13.3. The van der Waals surface area contributed by atoms with Crippen LogP contribution in [0.1, 0.15) is 24.0 Å². The van der Waals surface area contributed by atoms with Gasteiger partial charge >= 0.3 is 0 Å². The van der Waals surface area contributed by atoms with Crippen LogP contribution in [0.4, 0.5) is 8.78 Å². The van der Waals surface area contributed by atoms with Gasteiger partial charge in [-0.05, 0) is 66.3 Å². The van der Waals surface area contributed by atoms with Crippen LogP contribution in [-0.4, -0.2) is 6.04 Å². The van der Waals surface area contributed by atoms with E-state index in [1.54, 1.807) is 25.1 Å². The zero-order valence-electron chi connectivity index (χ0n) is 11.4. The Morgan fingerprint density at radius 3 is 2.60 bits per heavy atom. The Bertz CT molecular complexity index is 633. The van der Waals surface area contributed by atoms with E-state index < -0.39 is 0 Å². The summed E-state index contributed by atoms with van der Waals surface area (Å²) in [6.45, 7) is 2.44. The Balaban J connectivity index is 1.96. The fourth-order valence-corrected chi connectivity index (χ4v) is 2.33. The van der Waals surface area contributed by atoms with Gasteiger partial charge in [-0.3, -0.25) is 0 Å². The van der Waals surface area contributed by atoms with Gasteiger partial charge in [0.25, 0.3) is 0 Å². The maximum atomic E-state index is 13.5. The van der Waals surface area contributed by atoms with Crippen molar-refractivity contribution in [2.24, 2.45) is 0 Å². The molecule has 0 bridgehead atoms. The van der Waals surface area contributed by atoms with Crippen LogP contribution >= 0.6 is 0 Å².